The van der Waals surface area contributed by atoms with Crippen LogP contribution < -0.4 is 5.73 Å². The smallest absolute Gasteiger partial charge is 0.146 e. The van der Waals surface area contributed by atoms with Crippen molar-refractivity contribution in [2.45, 2.75) is 0 Å². The van der Waals surface area contributed by atoms with Crippen LogP contribution in [-0.4, -0.2) is 0 Å². The van der Waals surface area contributed by atoms with Gasteiger partial charge in [0.15, 0.2) is 0 Å². The van der Waals surface area contributed by atoms with Crippen molar-refractivity contribution in [1.29, 1.82) is 0 Å². The normalized spacial score (nSPS) is 10.6. The second kappa shape index (κ2) is 5.37. The third-order valence-corrected chi connectivity index (χ3v) is 3.39. The van der Waals surface area contributed by atoms with Crippen LogP contribution in [0.5, 0.6) is 0 Å². The summed E-state index contributed by atoms with van der Waals surface area (Å²) in [4.78, 5) is 0. The van der Waals surface area contributed by atoms with Crippen molar-refractivity contribution in [3.8, 4) is 22.3 Å². The van der Waals surface area contributed by atoms with Gasteiger partial charge in [0.1, 0.15) is 11.6 Å². The monoisotopic (exact) mass is 281 g/mol. The number of rotatable bonds is 2. The van der Waals surface area contributed by atoms with Crippen molar-refractivity contribution in [3.63, 3.8) is 0 Å². The lowest BCUT2D eigenvalue weighted by Crippen LogP contribution is -1.94. The number of anilines is 1. The van der Waals surface area contributed by atoms with Gasteiger partial charge in [-0.25, -0.2) is 8.78 Å². The molecule has 0 amide bonds. The van der Waals surface area contributed by atoms with E-state index < -0.39 is 11.6 Å². The first-order valence-corrected chi connectivity index (χ1v) is 6.55. The molecule has 3 aromatic carbocycles. The van der Waals surface area contributed by atoms with E-state index in [1.54, 1.807) is 12.1 Å². The van der Waals surface area contributed by atoms with E-state index >= 15 is 0 Å². The molecule has 0 atom stereocenters. The van der Waals surface area contributed by atoms with E-state index in [4.69, 9.17) is 5.73 Å². The Labute approximate surface area is 121 Å². The van der Waals surface area contributed by atoms with Gasteiger partial charge < -0.3 is 5.73 Å². The fourth-order valence-corrected chi connectivity index (χ4v) is 2.26. The standard InChI is InChI=1S/C18H13F2N/c19-16-11-18(21)17(20)10-15(16)14-8-6-13(7-9-14)12-4-2-1-3-5-12/h1-11H,21H2. The molecule has 21 heavy (non-hydrogen) atoms. The van der Waals surface area contributed by atoms with E-state index in [9.17, 15) is 8.78 Å². The van der Waals surface area contributed by atoms with Crippen molar-refractivity contribution in [3.05, 3.63) is 78.4 Å². The number of halogens is 2. The molecule has 3 aromatic rings. The van der Waals surface area contributed by atoms with Crippen LogP contribution in [0.1, 0.15) is 0 Å². The van der Waals surface area contributed by atoms with E-state index in [-0.39, 0.29) is 11.3 Å². The SMILES string of the molecule is Nc1cc(F)c(-c2ccc(-c3ccccc3)cc2)cc1F. The number of benzene rings is 3. The van der Waals surface area contributed by atoms with Crippen LogP contribution in [0.2, 0.25) is 0 Å². The van der Waals surface area contributed by atoms with Gasteiger partial charge in [-0.15, -0.1) is 0 Å². The van der Waals surface area contributed by atoms with Crippen LogP contribution in [-0.2, 0) is 0 Å². The quantitative estimate of drug-likeness (QED) is 0.665. The molecule has 0 aromatic heterocycles. The Morgan fingerprint density at radius 2 is 1.19 bits per heavy atom. The van der Waals surface area contributed by atoms with Gasteiger partial charge in [-0.05, 0) is 22.8 Å². The largest absolute Gasteiger partial charge is 0.396 e. The molecular formula is C18H13F2N. The Morgan fingerprint density at radius 1 is 0.619 bits per heavy atom. The van der Waals surface area contributed by atoms with Gasteiger partial charge in [0.25, 0.3) is 0 Å². The zero-order valence-electron chi connectivity index (χ0n) is 11.2. The Hall–Kier alpha value is -2.68. The summed E-state index contributed by atoms with van der Waals surface area (Å²) in [6, 6.07) is 19.3. The molecule has 0 saturated carbocycles. The van der Waals surface area contributed by atoms with Crippen LogP contribution in [0, 0.1) is 11.6 Å². The number of hydrogen-bond acceptors (Lipinski definition) is 1. The lowest BCUT2D eigenvalue weighted by molar-refractivity contribution is 0.607. The maximum Gasteiger partial charge on any atom is 0.146 e. The highest BCUT2D eigenvalue weighted by atomic mass is 19.1. The van der Waals surface area contributed by atoms with Gasteiger partial charge in [-0.3, -0.25) is 0 Å². The van der Waals surface area contributed by atoms with Crippen LogP contribution in [0.15, 0.2) is 66.7 Å². The van der Waals surface area contributed by atoms with Gasteiger partial charge >= 0.3 is 0 Å². The fourth-order valence-electron chi connectivity index (χ4n) is 2.26. The van der Waals surface area contributed by atoms with E-state index in [0.29, 0.717) is 5.56 Å². The first-order chi connectivity index (χ1) is 10.1. The summed E-state index contributed by atoms with van der Waals surface area (Å²) in [5, 5.41) is 0. The molecule has 0 radical (unpaired) electrons. The second-order valence-corrected chi connectivity index (χ2v) is 4.80. The molecule has 0 aliphatic heterocycles. The lowest BCUT2D eigenvalue weighted by atomic mass is 10.00. The fraction of sp³-hybridized carbons (Fsp3) is 0. The topological polar surface area (TPSA) is 26.0 Å². The Balaban J connectivity index is 2.00. The minimum atomic E-state index is -0.612. The van der Waals surface area contributed by atoms with E-state index in [1.807, 2.05) is 42.5 Å². The molecule has 0 saturated heterocycles. The second-order valence-electron chi connectivity index (χ2n) is 4.80. The number of hydrogen-bond donors (Lipinski definition) is 1. The van der Waals surface area contributed by atoms with Gasteiger partial charge in [0, 0.05) is 11.6 Å². The Kier molecular flexibility index (Phi) is 3.40. The lowest BCUT2D eigenvalue weighted by Gasteiger charge is -2.07. The molecular weight excluding hydrogens is 268 g/mol. The van der Waals surface area contributed by atoms with Crippen LogP contribution in [0.4, 0.5) is 14.5 Å². The average Bonchev–Trinajstić information content (AvgIpc) is 2.52. The molecule has 0 aliphatic rings. The first kappa shape index (κ1) is 13.3. The molecule has 0 bridgehead atoms. The first-order valence-electron chi connectivity index (χ1n) is 6.55. The molecule has 3 rings (SSSR count). The predicted molar refractivity (Wildman–Crippen MR) is 81.6 cm³/mol. The summed E-state index contributed by atoms with van der Waals surface area (Å²) in [5.41, 5.74) is 8.10. The molecule has 0 heterocycles. The summed E-state index contributed by atoms with van der Waals surface area (Å²) in [7, 11) is 0. The van der Waals surface area contributed by atoms with E-state index in [0.717, 1.165) is 23.3 Å². The maximum atomic E-state index is 13.9. The van der Waals surface area contributed by atoms with E-state index in [2.05, 4.69) is 0 Å². The maximum absolute atomic E-state index is 13.9. The average molecular weight is 281 g/mol. The number of nitrogens with two attached hydrogens (primary N) is 1. The minimum Gasteiger partial charge on any atom is -0.396 e. The van der Waals surface area contributed by atoms with Gasteiger partial charge in [0.05, 0.1) is 5.69 Å². The summed E-state index contributed by atoms with van der Waals surface area (Å²) < 4.78 is 27.4. The molecule has 0 spiro atoms. The molecule has 0 aliphatic carbocycles. The Bertz CT molecular complexity index is 765. The van der Waals surface area contributed by atoms with Gasteiger partial charge in [-0.2, -0.15) is 0 Å². The van der Waals surface area contributed by atoms with Crippen LogP contribution in [0.3, 0.4) is 0 Å². The third-order valence-electron chi connectivity index (χ3n) is 3.39. The van der Waals surface area contributed by atoms with E-state index in [1.165, 1.54) is 0 Å². The van der Waals surface area contributed by atoms with Crippen LogP contribution >= 0.6 is 0 Å². The van der Waals surface area contributed by atoms with Gasteiger partial charge in [-0.1, -0.05) is 54.6 Å². The van der Waals surface area contributed by atoms with Crippen molar-refractivity contribution >= 4 is 5.69 Å². The van der Waals surface area contributed by atoms with Crippen molar-refractivity contribution in [1.82, 2.24) is 0 Å². The van der Waals surface area contributed by atoms with Crippen LogP contribution in [0.25, 0.3) is 22.3 Å². The summed E-state index contributed by atoms with van der Waals surface area (Å²) >= 11 is 0. The third kappa shape index (κ3) is 2.63. The highest BCUT2D eigenvalue weighted by Crippen LogP contribution is 2.28. The molecule has 0 fully saturated rings. The molecule has 2 N–H and O–H groups in total. The number of nitrogen functional groups attached to an aromatic ring is 1. The minimum absolute atomic E-state index is 0.183. The molecule has 104 valence electrons. The highest BCUT2D eigenvalue weighted by molar-refractivity contribution is 5.71. The molecule has 0 unspecified atom stereocenters. The van der Waals surface area contributed by atoms with Crippen molar-refractivity contribution in [2.75, 3.05) is 5.73 Å². The van der Waals surface area contributed by atoms with Gasteiger partial charge in [0.2, 0.25) is 0 Å². The summed E-state index contributed by atoms with van der Waals surface area (Å²) in [6.45, 7) is 0. The zero-order valence-corrected chi connectivity index (χ0v) is 11.2. The van der Waals surface area contributed by atoms with Crippen molar-refractivity contribution in [2.24, 2.45) is 0 Å². The molecule has 3 heteroatoms. The Morgan fingerprint density at radius 3 is 1.86 bits per heavy atom. The zero-order chi connectivity index (χ0) is 14.8. The molecule has 1 nitrogen and oxygen atoms in total. The summed E-state index contributed by atoms with van der Waals surface area (Å²) in [5.74, 6) is -1.14. The highest BCUT2D eigenvalue weighted by Gasteiger charge is 2.10. The summed E-state index contributed by atoms with van der Waals surface area (Å²) in [6.07, 6.45) is 0. The van der Waals surface area contributed by atoms with Crippen molar-refractivity contribution < 1.29 is 8.78 Å². The predicted octanol–water partition coefficient (Wildman–Crippen LogP) is 4.88.